The van der Waals surface area contributed by atoms with Crippen LogP contribution in [0.25, 0.3) is 0 Å². The summed E-state index contributed by atoms with van der Waals surface area (Å²) in [7, 11) is 0. The van der Waals surface area contributed by atoms with Gasteiger partial charge in [0.05, 0.1) is 19.3 Å². The van der Waals surface area contributed by atoms with Gasteiger partial charge in [0, 0.05) is 31.0 Å². The van der Waals surface area contributed by atoms with Crippen LogP contribution in [-0.4, -0.2) is 37.4 Å². The molecule has 0 bridgehead atoms. The minimum Gasteiger partial charge on any atom is -0.377 e. The van der Waals surface area contributed by atoms with Crippen molar-refractivity contribution in [3.8, 4) is 0 Å². The predicted octanol–water partition coefficient (Wildman–Crippen LogP) is 2.60. The second-order valence-electron chi connectivity index (χ2n) is 5.64. The third-order valence-corrected chi connectivity index (χ3v) is 4.26. The van der Waals surface area contributed by atoms with Crippen LogP contribution >= 0.6 is 24.8 Å². The third-order valence-electron chi connectivity index (χ3n) is 4.26. The fourth-order valence-corrected chi connectivity index (χ4v) is 3.22. The Kier molecular flexibility index (Phi) is 7.92. The van der Waals surface area contributed by atoms with E-state index in [1.54, 1.807) is 6.20 Å². The maximum absolute atomic E-state index is 5.96. The first kappa shape index (κ1) is 18.7. The quantitative estimate of drug-likeness (QED) is 0.919. The third kappa shape index (κ3) is 4.54. The van der Waals surface area contributed by atoms with Crippen molar-refractivity contribution in [2.75, 3.05) is 26.3 Å². The molecule has 2 atom stereocenters. The molecule has 120 valence electrons. The van der Waals surface area contributed by atoms with Gasteiger partial charge < -0.3 is 14.8 Å². The predicted molar refractivity (Wildman–Crippen MR) is 87.3 cm³/mol. The molecule has 21 heavy (non-hydrogen) atoms. The Labute approximate surface area is 138 Å². The van der Waals surface area contributed by atoms with E-state index >= 15 is 0 Å². The zero-order valence-corrected chi connectivity index (χ0v) is 13.8. The summed E-state index contributed by atoms with van der Waals surface area (Å²) in [6.07, 6.45) is 7.49. The molecule has 4 nitrogen and oxygen atoms in total. The lowest BCUT2D eigenvalue weighted by Crippen LogP contribution is -2.55. The molecule has 3 heterocycles. The SMILES string of the molecule is Cl.Cl.c1cncc(COCC23CCCOC2CCNC3)c1. The largest absolute Gasteiger partial charge is 0.377 e. The summed E-state index contributed by atoms with van der Waals surface area (Å²) in [5.41, 5.74) is 1.31. The van der Waals surface area contributed by atoms with Crippen LogP contribution < -0.4 is 5.32 Å². The lowest BCUT2D eigenvalue weighted by atomic mass is 9.73. The van der Waals surface area contributed by atoms with Crippen LogP contribution in [-0.2, 0) is 16.1 Å². The van der Waals surface area contributed by atoms with Crippen LogP contribution in [0.3, 0.4) is 0 Å². The number of hydrogen-bond donors (Lipinski definition) is 1. The zero-order chi connectivity index (χ0) is 13.0. The molecule has 1 aromatic heterocycles. The first-order valence-electron chi connectivity index (χ1n) is 7.18. The average molecular weight is 335 g/mol. The normalized spacial score (nSPS) is 27.9. The first-order valence-corrected chi connectivity index (χ1v) is 7.18. The van der Waals surface area contributed by atoms with Crippen LogP contribution in [0.2, 0.25) is 0 Å². The fraction of sp³-hybridized carbons (Fsp3) is 0.667. The van der Waals surface area contributed by atoms with E-state index in [1.807, 2.05) is 12.3 Å². The molecule has 6 heteroatoms. The molecule has 2 unspecified atom stereocenters. The van der Waals surface area contributed by atoms with Crippen LogP contribution in [0.15, 0.2) is 24.5 Å². The highest BCUT2D eigenvalue weighted by Crippen LogP contribution is 2.38. The van der Waals surface area contributed by atoms with E-state index in [2.05, 4.69) is 16.4 Å². The van der Waals surface area contributed by atoms with Gasteiger partial charge in [-0.1, -0.05) is 6.07 Å². The molecule has 2 aliphatic heterocycles. The topological polar surface area (TPSA) is 43.4 Å². The van der Waals surface area contributed by atoms with Crippen molar-refractivity contribution in [2.24, 2.45) is 5.41 Å². The van der Waals surface area contributed by atoms with Gasteiger partial charge in [0.25, 0.3) is 0 Å². The van der Waals surface area contributed by atoms with Crippen molar-refractivity contribution in [3.63, 3.8) is 0 Å². The number of hydrogen-bond acceptors (Lipinski definition) is 4. The van der Waals surface area contributed by atoms with E-state index in [9.17, 15) is 0 Å². The molecule has 2 fully saturated rings. The molecule has 2 saturated heterocycles. The molecule has 1 N–H and O–H groups in total. The highest BCUT2D eigenvalue weighted by atomic mass is 35.5. The van der Waals surface area contributed by atoms with Gasteiger partial charge in [0.15, 0.2) is 0 Å². The molecule has 0 aromatic carbocycles. The number of aromatic nitrogens is 1. The lowest BCUT2D eigenvalue weighted by Gasteiger charge is -2.47. The summed E-state index contributed by atoms with van der Waals surface area (Å²) >= 11 is 0. The maximum Gasteiger partial charge on any atom is 0.0732 e. The Morgan fingerprint density at radius 2 is 2.33 bits per heavy atom. The summed E-state index contributed by atoms with van der Waals surface area (Å²) in [4.78, 5) is 4.11. The van der Waals surface area contributed by atoms with Gasteiger partial charge in [-0.05, 0) is 37.4 Å². The molecular weight excluding hydrogens is 311 g/mol. The van der Waals surface area contributed by atoms with Crippen LogP contribution in [0.5, 0.6) is 0 Å². The fourth-order valence-electron chi connectivity index (χ4n) is 3.22. The van der Waals surface area contributed by atoms with Crippen LogP contribution in [0.4, 0.5) is 0 Å². The smallest absolute Gasteiger partial charge is 0.0732 e. The number of piperidine rings is 1. The summed E-state index contributed by atoms with van der Waals surface area (Å²) in [6, 6.07) is 4.00. The van der Waals surface area contributed by atoms with E-state index in [-0.39, 0.29) is 30.2 Å². The number of fused-ring (bicyclic) bond motifs is 1. The van der Waals surface area contributed by atoms with Gasteiger partial charge >= 0.3 is 0 Å². The van der Waals surface area contributed by atoms with Gasteiger partial charge in [-0.25, -0.2) is 0 Å². The standard InChI is InChI=1S/C15H22N2O2.2ClH/c1-3-13(9-16-6-1)10-18-12-15-5-2-8-19-14(15)4-7-17-11-15;;/h1,3,6,9,14,17H,2,4-5,7-8,10-12H2;2*1H. The van der Waals surface area contributed by atoms with Gasteiger partial charge in [-0.15, -0.1) is 24.8 Å². The molecule has 0 spiro atoms. The maximum atomic E-state index is 5.96. The number of rotatable bonds is 4. The van der Waals surface area contributed by atoms with Gasteiger partial charge in [-0.3, -0.25) is 4.98 Å². The average Bonchev–Trinajstić information content (AvgIpc) is 2.48. The first-order chi connectivity index (χ1) is 9.39. The molecule has 3 rings (SSSR count). The summed E-state index contributed by atoms with van der Waals surface area (Å²) in [5.74, 6) is 0. The molecular formula is C15H24Cl2N2O2. The zero-order valence-electron chi connectivity index (χ0n) is 12.1. The van der Waals surface area contributed by atoms with Crippen molar-refractivity contribution in [1.82, 2.24) is 10.3 Å². The second-order valence-corrected chi connectivity index (χ2v) is 5.64. The second kappa shape index (κ2) is 8.91. The van der Waals surface area contributed by atoms with Crippen molar-refractivity contribution >= 4 is 24.8 Å². The Bertz CT molecular complexity index is 394. The minimum absolute atomic E-state index is 0. The van der Waals surface area contributed by atoms with Gasteiger partial charge in [0.2, 0.25) is 0 Å². The number of ether oxygens (including phenoxy) is 2. The summed E-state index contributed by atoms with van der Waals surface area (Å²) < 4.78 is 11.9. The van der Waals surface area contributed by atoms with Gasteiger partial charge in [0.1, 0.15) is 0 Å². The molecule has 0 radical (unpaired) electrons. The summed E-state index contributed by atoms with van der Waals surface area (Å²) in [5, 5.41) is 3.50. The Hall–Kier alpha value is -0.390. The molecule has 0 amide bonds. The van der Waals surface area contributed by atoms with E-state index in [0.717, 1.165) is 44.7 Å². The molecule has 0 aliphatic carbocycles. The number of nitrogens with one attached hydrogen (secondary N) is 1. The van der Waals surface area contributed by atoms with Crippen LogP contribution in [0, 0.1) is 5.41 Å². The highest BCUT2D eigenvalue weighted by molar-refractivity contribution is 5.85. The van der Waals surface area contributed by atoms with Crippen molar-refractivity contribution in [2.45, 2.75) is 32.0 Å². The Morgan fingerprint density at radius 3 is 3.14 bits per heavy atom. The van der Waals surface area contributed by atoms with Crippen molar-refractivity contribution in [3.05, 3.63) is 30.1 Å². The number of pyridine rings is 1. The van der Waals surface area contributed by atoms with Gasteiger partial charge in [-0.2, -0.15) is 0 Å². The highest BCUT2D eigenvalue weighted by Gasteiger charge is 2.43. The van der Waals surface area contributed by atoms with Crippen LogP contribution in [0.1, 0.15) is 24.8 Å². The summed E-state index contributed by atoms with van der Waals surface area (Å²) in [6.45, 7) is 4.41. The van der Waals surface area contributed by atoms with E-state index in [4.69, 9.17) is 9.47 Å². The Balaban J connectivity index is 0.00000110. The lowest BCUT2D eigenvalue weighted by molar-refractivity contribution is -0.132. The molecule has 1 aromatic rings. The number of halogens is 2. The minimum atomic E-state index is 0. The molecule has 2 aliphatic rings. The monoisotopic (exact) mass is 334 g/mol. The Morgan fingerprint density at radius 1 is 1.43 bits per heavy atom. The van der Waals surface area contributed by atoms with E-state index in [1.165, 1.54) is 6.42 Å². The van der Waals surface area contributed by atoms with E-state index in [0.29, 0.717) is 12.7 Å². The number of nitrogens with zero attached hydrogens (tertiary/aromatic N) is 1. The van der Waals surface area contributed by atoms with Crippen molar-refractivity contribution in [1.29, 1.82) is 0 Å². The molecule has 0 saturated carbocycles. The van der Waals surface area contributed by atoms with E-state index < -0.39 is 0 Å². The van der Waals surface area contributed by atoms with Crippen molar-refractivity contribution < 1.29 is 9.47 Å².